The molecule has 0 atom stereocenters. The maximum atomic E-state index is 11.6. The summed E-state index contributed by atoms with van der Waals surface area (Å²) >= 11 is 0. The number of carbonyl (C=O) groups excluding carboxylic acids is 2. The van der Waals surface area contributed by atoms with Crippen molar-refractivity contribution in [1.82, 2.24) is 19.9 Å². The highest BCUT2D eigenvalue weighted by atomic mass is 16.2. The van der Waals surface area contributed by atoms with E-state index in [0.717, 1.165) is 42.7 Å². The Kier molecular flexibility index (Phi) is 7.58. The smallest absolute Gasteiger partial charge is 0.248 e. The summed E-state index contributed by atoms with van der Waals surface area (Å²) in [6.07, 6.45) is 4.90. The van der Waals surface area contributed by atoms with Crippen molar-refractivity contribution < 1.29 is 9.59 Å². The minimum atomic E-state index is -0.327. The number of carbonyl (C=O) groups is 2. The second-order valence-corrected chi connectivity index (χ2v) is 8.93. The van der Waals surface area contributed by atoms with Gasteiger partial charge in [0, 0.05) is 37.5 Å². The van der Waals surface area contributed by atoms with Crippen LogP contribution < -0.4 is 16.0 Å². The van der Waals surface area contributed by atoms with Gasteiger partial charge in [0.15, 0.2) is 0 Å². The highest BCUT2D eigenvalue weighted by Crippen LogP contribution is 2.31. The lowest BCUT2D eigenvalue weighted by molar-refractivity contribution is -0.129. The van der Waals surface area contributed by atoms with Gasteiger partial charge in [-0.25, -0.2) is 9.97 Å². The van der Waals surface area contributed by atoms with E-state index in [2.05, 4.69) is 62.6 Å². The van der Waals surface area contributed by atoms with Crippen LogP contribution in [0.3, 0.4) is 0 Å². The molecule has 2 aromatic heterocycles. The standard InChI is InChI=1S/C27H31N7O2/c1-5-25(36)31-23-7-6-8-24(30-23)32-26-18(3)16-28-27(33-26)29-22-10-9-21(15-17(22)2)20-11-13-34(14-12-20)19(4)35/h5-10,15-16,20H,1,11-14H2,2-4H3,(H3,28,29,30,31,32,33,36). The predicted octanol–water partition coefficient (Wildman–Crippen LogP) is 4.83. The fourth-order valence-corrected chi connectivity index (χ4v) is 4.23. The first-order chi connectivity index (χ1) is 17.3. The van der Waals surface area contributed by atoms with Crippen molar-refractivity contribution in [1.29, 1.82) is 0 Å². The van der Waals surface area contributed by atoms with Crippen LogP contribution in [0.2, 0.25) is 0 Å². The van der Waals surface area contributed by atoms with Crippen molar-refractivity contribution in [2.45, 2.75) is 39.5 Å². The van der Waals surface area contributed by atoms with Gasteiger partial charge in [-0.15, -0.1) is 0 Å². The zero-order valence-electron chi connectivity index (χ0n) is 20.8. The van der Waals surface area contributed by atoms with Gasteiger partial charge in [0.25, 0.3) is 0 Å². The fourth-order valence-electron chi connectivity index (χ4n) is 4.23. The summed E-state index contributed by atoms with van der Waals surface area (Å²) in [7, 11) is 0. The Hall–Kier alpha value is -4.27. The van der Waals surface area contributed by atoms with E-state index < -0.39 is 0 Å². The average molecular weight is 486 g/mol. The van der Waals surface area contributed by atoms with Gasteiger partial charge in [-0.2, -0.15) is 4.98 Å². The van der Waals surface area contributed by atoms with Gasteiger partial charge < -0.3 is 20.9 Å². The van der Waals surface area contributed by atoms with Crippen LogP contribution in [0, 0.1) is 13.8 Å². The molecule has 0 saturated carbocycles. The van der Waals surface area contributed by atoms with Gasteiger partial charge in [-0.1, -0.05) is 24.8 Å². The number of hydrogen-bond donors (Lipinski definition) is 3. The van der Waals surface area contributed by atoms with E-state index in [1.807, 2.05) is 11.8 Å². The van der Waals surface area contributed by atoms with Crippen LogP contribution >= 0.6 is 0 Å². The first-order valence-corrected chi connectivity index (χ1v) is 12.0. The molecule has 36 heavy (non-hydrogen) atoms. The largest absolute Gasteiger partial charge is 0.343 e. The number of piperidine rings is 1. The van der Waals surface area contributed by atoms with Crippen LogP contribution in [0.4, 0.5) is 29.1 Å². The number of benzene rings is 1. The van der Waals surface area contributed by atoms with Gasteiger partial charge in [0.2, 0.25) is 17.8 Å². The quantitative estimate of drug-likeness (QED) is 0.411. The Morgan fingerprint density at radius 3 is 2.47 bits per heavy atom. The zero-order valence-corrected chi connectivity index (χ0v) is 20.8. The molecule has 4 rings (SSSR count). The van der Waals surface area contributed by atoms with Crippen LogP contribution in [0.25, 0.3) is 0 Å². The molecule has 3 heterocycles. The van der Waals surface area contributed by atoms with Crippen LogP contribution in [-0.4, -0.2) is 44.8 Å². The van der Waals surface area contributed by atoms with Crippen LogP contribution in [0.15, 0.2) is 55.3 Å². The van der Waals surface area contributed by atoms with E-state index >= 15 is 0 Å². The lowest BCUT2D eigenvalue weighted by atomic mass is 9.88. The summed E-state index contributed by atoms with van der Waals surface area (Å²) in [5.41, 5.74) is 4.18. The molecule has 0 spiro atoms. The average Bonchev–Trinajstić information content (AvgIpc) is 2.87. The maximum absolute atomic E-state index is 11.6. The zero-order chi connectivity index (χ0) is 25.7. The summed E-state index contributed by atoms with van der Waals surface area (Å²) in [5.74, 6) is 2.31. The molecule has 9 heteroatoms. The molecule has 1 aliphatic rings. The molecule has 1 aliphatic heterocycles. The van der Waals surface area contributed by atoms with Gasteiger partial charge >= 0.3 is 0 Å². The molecule has 0 unspecified atom stereocenters. The number of anilines is 5. The molecule has 1 fully saturated rings. The minimum absolute atomic E-state index is 0.152. The molecule has 0 radical (unpaired) electrons. The Labute approximate surface area is 211 Å². The molecular formula is C27H31N7O2. The molecule has 0 aliphatic carbocycles. The SMILES string of the molecule is C=CC(=O)Nc1cccc(Nc2nc(Nc3ccc(C4CCN(C(C)=O)CC4)cc3C)ncc2C)n1. The number of pyridine rings is 1. The van der Waals surface area contributed by atoms with E-state index in [-0.39, 0.29) is 11.8 Å². The molecule has 3 aromatic rings. The van der Waals surface area contributed by atoms with Gasteiger partial charge in [-0.05, 0) is 68.0 Å². The molecule has 9 nitrogen and oxygen atoms in total. The Bertz CT molecular complexity index is 1280. The fraction of sp³-hybridized carbons (Fsp3) is 0.296. The third-order valence-corrected chi connectivity index (χ3v) is 6.31. The summed E-state index contributed by atoms with van der Waals surface area (Å²) < 4.78 is 0. The van der Waals surface area contributed by atoms with E-state index in [4.69, 9.17) is 0 Å². The minimum Gasteiger partial charge on any atom is -0.343 e. The van der Waals surface area contributed by atoms with Crippen LogP contribution in [-0.2, 0) is 9.59 Å². The van der Waals surface area contributed by atoms with Crippen LogP contribution in [0.5, 0.6) is 0 Å². The molecule has 3 N–H and O–H groups in total. The third-order valence-electron chi connectivity index (χ3n) is 6.31. The lowest BCUT2D eigenvalue weighted by Gasteiger charge is -2.31. The topological polar surface area (TPSA) is 112 Å². The summed E-state index contributed by atoms with van der Waals surface area (Å²) in [5, 5.41) is 9.17. The number of aryl methyl sites for hydroxylation is 2. The molecule has 0 bridgehead atoms. The summed E-state index contributed by atoms with van der Waals surface area (Å²) in [6.45, 7) is 10.7. The monoisotopic (exact) mass is 485 g/mol. The second kappa shape index (κ2) is 11.0. The molecule has 1 aromatic carbocycles. The Morgan fingerprint density at radius 2 is 1.78 bits per heavy atom. The number of aromatic nitrogens is 3. The van der Waals surface area contributed by atoms with Crippen molar-refractivity contribution >= 4 is 40.9 Å². The van der Waals surface area contributed by atoms with Gasteiger partial charge in [-0.3, -0.25) is 9.59 Å². The maximum Gasteiger partial charge on any atom is 0.248 e. The van der Waals surface area contributed by atoms with E-state index in [1.165, 1.54) is 11.6 Å². The van der Waals surface area contributed by atoms with Crippen molar-refractivity contribution in [3.05, 3.63) is 71.9 Å². The Morgan fingerprint density at radius 1 is 1.03 bits per heavy atom. The number of rotatable bonds is 7. The number of nitrogens with zero attached hydrogens (tertiary/aromatic N) is 4. The lowest BCUT2D eigenvalue weighted by Crippen LogP contribution is -2.36. The summed E-state index contributed by atoms with van der Waals surface area (Å²) in [6, 6.07) is 11.7. The van der Waals surface area contributed by atoms with Gasteiger partial charge in [0.05, 0.1) is 0 Å². The number of nitrogens with one attached hydrogen (secondary N) is 3. The van der Waals surface area contributed by atoms with Crippen molar-refractivity contribution in [3.8, 4) is 0 Å². The number of amides is 2. The molecule has 1 saturated heterocycles. The predicted molar refractivity (Wildman–Crippen MR) is 142 cm³/mol. The van der Waals surface area contributed by atoms with Crippen molar-refractivity contribution in [3.63, 3.8) is 0 Å². The van der Waals surface area contributed by atoms with Gasteiger partial charge in [0.1, 0.15) is 17.5 Å². The summed E-state index contributed by atoms with van der Waals surface area (Å²) in [4.78, 5) is 38.6. The first-order valence-electron chi connectivity index (χ1n) is 12.0. The van der Waals surface area contributed by atoms with Crippen molar-refractivity contribution in [2.75, 3.05) is 29.0 Å². The molecule has 2 amide bonds. The van der Waals surface area contributed by atoms with Crippen LogP contribution in [0.1, 0.15) is 42.4 Å². The van der Waals surface area contributed by atoms with E-state index in [0.29, 0.717) is 29.3 Å². The molecular weight excluding hydrogens is 454 g/mol. The molecule has 186 valence electrons. The second-order valence-electron chi connectivity index (χ2n) is 8.93. The number of likely N-dealkylation sites (tertiary alicyclic amines) is 1. The third kappa shape index (κ3) is 6.04. The highest BCUT2D eigenvalue weighted by Gasteiger charge is 2.22. The van der Waals surface area contributed by atoms with Crippen molar-refractivity contribution in [2.24, 2.45) is 0 Å². The van der Waals surface area contributed by atoms with E-state index in [9.17, 15) is 9.59 Å². The number of hydrogen-bond acceptors (Lipinski definition) is 7. The highest BCUT2D eigenvalue weighted by molar-refractivity contribution is 5.98. The van der Waals surface area contributed by atoms with E-state index in [1.54, 1.807) is 31.3 Å². The first kappa shape index (κ1) is 24.8. The normalized spacial score (nSPS) is 13.7. The Balaban J connectivity index is 1.45.